The highest BCUT2D eigenvalue weighted by atomic mass is 32.2. The van der Waals surface area contributed by atoms with Crippen molar-refractivity contribution in [1.82, 2.24) is 0 Å². The number of hydrogen-bond donors (Lipinski definition) is 0. The molecular weight excluding hydrogens is 594 g/mol. The van der Waals surface area contributed by atoms with Crippen LogP contribution in [0.2, 0.25) is 0 Å². The van der Waals surface area contributed by atoms with E-state index in [1.807, 2.05) is 0 Å². The molecule has 7 nitrogen and oxygen atoms in total. The number of nitro groups is 1. The first-order valence-corrected chi connectivity index (χ1v) is 11.7. The van der Waals surface area contributed by atoms with E-state index in [0.717, 1.165) is 23.9 Å². The summed E-state index contributed by atoms with van der Waals surface area (Å²) in [4.78, 5) is 20.4. The van der Waals surface area contributed by atoms with Crippen LogP contribution < -0.4 is 0 Å². The zero-order valence-corrected chi connectivity index (χ0v) is 19.1. The minimum atomic E-state index is -7.86. The summed E-state index contributed by atoms with van der Waals surface area (Å²) in [6.45, 7) is -3.31. The standard InChI is InChI=1S/C16H11F12NO6S2/c1-36-7-2-3-9(8(4-7)29(31)32)37(33,34)5-10(30)35-6-12(19,20)14(23,24)16(27,28)15(25,26)13(21,22)11(17)18/h2-4,11H,5-6H2,1H3. The number of carbonyl (C=O) groups is 1. The van der Waals surface area contributed by atoms with Gasteiger partial charge in [0.2, 0.25) is 0 Å². The molecule has 1 rings (SSSR count). The van der Waals surface area contributed by atoms with Crippen LogP contribution in [0.4, 0.5) is 58.4 Å². The van der Waals surface area contributed by atoms with Crippen LogP contribution in [0.15, 0.2) is 28.0 Å². The van der Waals surface area contributed by atoms with Crippen molar-refractivity contribution in [3.8, 4) is 0 Å². The van der Waals surface area contributed by atoms with Gasteiger partial charge in [-0.2, -0.15) is 43.9 Å². The van der Waals surface area contributed by atoms with Gasteiger partial charge in [-0.1, -0.05) is 0 Å². The van der Waals surface area contributed by atoms with Crippen LogP contribution in [0.5, 0.6) is 0 Å². The second-order valence-electron chi connectivity index (χ2n) is 6.86. The molecule has 0 aliphatic rings. The largest absolute Gasteiger partial charge is 0.458 e. The summed E-state index contributed by atoms with van der Waals surface area (Å²) in [5.74, 6) is -41.6. The molecule has 212 valence electrons. The smallest absolute Gasteiger partial charge is 0.384 e. The van der Waals surface area contributed by atoms with Crippen LogP contribution in [0.25, 0.3) is 0 Å². The number of esters is 1. The number of ether oxygens (including phenoxy) is 1. The molecule has 1 aromatic rings. The molecule has 0 radical (unpaired) electrons. The molecule has 0 amide bonds. The van der Waals surface area contributed by atoms with Crippen LogP contribution in [-0.2, 0) is 19.4 Å². The molecule has 0 spiro atoms. The number of sulfone groups is 1. The first kappa shape index (κ1) is 32.6. The van der Waals surface area contributed by atoms with E-state index in [1.165, 1.54) is 6.26 Å². The highest BCUT2D eigenvalue weighted by Gasteiger charge is 2.87. The minimum absolute atomic E-state index is 0.144. The molecule has 0 heterocycles. The number of benzene rings is 1. The van der Waals surface area contributed by atoms with Gasteiger partial charge in [0, 0.05) is 11.0 Å². The molecule has 21 heteroatoms. The van der Waals surface area contributed by atoms with E-state index in [1.54, 1.807) is 0 Å². The topological polar surface area (TPSA) is 104 Å². The fraction of sp³-hybridized carbons (Fsp3) is 0.562. The van der Waals surface area contributed by atoms with Gasteiger partial charge in [-0.3, -0.25) is 14.9 Å². The van der Waals surface area contributed by atoms with Crippen molar-refractivity contribution in [1.29, 1.82) is 0 Å². The van der Waals surface area contributed by atoms with Crippen molar-refractivity contribution in [2.45, 2.75) is 45.8 Å². The first-order chi connectivity index (χ1) is 16.4. The lowest BCUT2D eigenvalue weighted by Gasteiger charge is -2.38. The minimum Gasteiger partial charge on any atom is -0.458 e. The number of halogens is 12. The van der Waals surface area contributed by atoms with Gasteiger partial charge in [0.1, 0.15) is 4.90 Å². The van der Waals surface area contributed by atoms with Gasteiger partial charge in [0.05, 0.1) is 4.92 Å². The second-order valence-corrected chi connectivity index (χ2v) is 9.70. The van der Waals surface area contributed by atoms with Crippen LogP contribution in [0.3, 0.4) is 0 Å². The molecule has 0 saturated carbocycles. The van der Waals surface area contributed by atoms with Gasteiger partial charge in [0.15, 0.2) is 22.2 Å². The van der Waals surface area contributed by atoms with Crippen molar-refractivity contribution in [2.24, 2.45) is 0 Å². The van der Waals surface area contributed by atoms with Gasteiger partial charge in [-0.15, -0.1) is 11.8 Å². The maximum absolute atomic E-state index is 13.7. The highest BCUT2D eigenvalue weighted by Crippen LogP contribution is 2.58. The molecule has 0 fully saturated rings. The van der Waals surface area contributed by atoms with Crippen LogP contribution in [0.1, 0.15) is 0 Å². The number of carbonyl (C=O) groups excluding carboxylic acids is 1. The fourth-order valence-corrected chi connectivity index (χ4v) is 4.05. The van der Waals surface area contributed by atoms with Crippen molar-refractivity contribution >= 4 is 33.3 Å². The monoisotopic (exact) mass is 605 g/mol. The summed E-state index contributed by atoms with van der Waals surface area (Å²) in [6.07, 6.45) is -4.27. The Bertz CT molecular complexity index is 1140. The average molecular weight is 605 g/mol. The molecular formula is C16H11F12NO6S2. The third-order valence-corrected chi connectivity index (χ3v) is 6.72. The van der Waals surface area contributed by atoms with Crippen molar-refractivity contribution < 1.29 is 75.6 Å². The zero-order chi connectivity index (χ0) is 29.4. The Balaban J connectivity index is 3.19. The van der Waals surface area contributed by atoms with Gasteiger partial charge >= 0.3 is 42.0 Å². The second kappa shape index (κ2) is 10.4. The normalized spacial score (nSPS) is 14.1. The Hall–Kier alpha value is -2.45. The summed E-state index contributed by atoms with van der Waals surface area (Å²) in [7, 11) is -5.15. The van der Waals surface area contributed by atoms with Gasteiger partial charge in [0.25, 0.3) is 5.69 Å². The predicted octanol–water partition coefficient (Wildman–Crippen LogP) is 5.08. The number of alkyl halides is 12. The van der Waals surface area contributed by atoms with E-state index >= 15 is 0 Å². The average Bonchev–Trinajstić information content (AvgIpc) is 2.76. The summed E-state index contributed by atoms with van der Waals surface area (Å²) < 4.78 is 185. The van der Waals surface area contributed by atoms with E-state index in [-0.39, 0.29) is 4.90 Å². The van der Waals surface area contributed by atoms with Gasteiger partial charge in [-0.05, 0) is 18.4 Å². The van der Waals surface area contributed by atoms with Crippen molar-refractivity contribution in [3.63, 3.8) is 0 Å². The van der Waals surface area contributed by atoms with Gasteiger partial charge in [-0.25, -0.2) is 17.2 Å². The lowest BCUT2D eigenvalue weighted by molar-refractivity contribution is -0.414. The summed E-state index contributed by atoms with van der Waals surface area (Å²) in [5, 5.41) is 11.1. The lowest BCUT2D eigenvalue weighted by atomic mass is 9.94. The number of rotatable bonds is 12. The molecule has 0 unspecified atom stereocenters. The highest BCUT2D eigenvalue weighted by molar-refractivity contribution is 7.98. The maximum atomic E-state index is 13.7. The van der Waals surface area contributed by atoms with E-state index < -0.39 is 79.7 Å². The number of nitrogens with zero attached hydrogens (tertiary/aromatic N) is 1. The summed E-state index contributed by atoms with van der Waals surface area (Å²) in [5.41, 5.74) is -1.13. The molecule has 0 bridgehead atoms. The maximum Gasteiger partial charge on any atom is 0.384 e. The fourth-order valence-electron chi connectivity index (χ4n) is 2.34. The van der Waals surface area contributed by atoms with Crippen LogP contribution >= 0.6 is 11.8 Å². The molecule has 0 atom stereocenters. The van der Waals surface area contributed by atoms with E-state index in [0.29, 0.717) is 6.07 Å². The number of nitro benzene ring substituents is 1. The Morgan fingerprint density at radius 1 is 1.00 bits per heavy atom. The van der Waals surface area contributed by atoms with E-state index in [4.69, 9.17) is 0 Å². The van der Waals surface area contributed by atoms with E-state index in [2.05, 4.69) is 4.74 Å². The number of thioether (sulfide) groups is 1. The Kier molecular flexibility index (Phi) is 9.13. The Morgan fingerprint density at radius 2 is 1.51 bits per heavy atom. The molecule has 0 N–H and O–H groups in total. The first-order valence-electron chi connectivity index (χ1n) is 8.78. The molecule has 0 saturated heterocycles. The summed E-state index contributed by atoms with van der Waals surface area (Å²) in [6, 6.07) is 2.32. The van der Waals surface area contributed by atoms with E-state index in [9.17, 15) is 76.0 Å². The Morgan fingerprint density at radius 3 is 1.95 bits per heavy atom. The molecule has 37 heavy (non-hydrogen) atoms. The van der Waals surface area contributed by atoms with Crippen molar-refractivity contribution in [2.75, 3.05) is 18.6 Å². The lowest BCUT2D eigenvalue weighted by Crippen LogP contribution is -2.69. The zero-order valence-electron chi connectivity index (χ0n) is 17.5. The SMILES string of the molecule is CSc1ccc(S(=O)(=O)CC(=O)OCC(F)(F)C(F)(F)C(F)(F)C(F)(F)C(F)(F)C(F)F)c([N+](=O)[O-])c1. The summed E-state index contributed by atoms with van der Waals surface area (Å²) >= 11 is 0.905. The van der Waals surface area contributed by atoms with Crippen LogP contribution in [0, 0.1) is 10.1 Å². The molecule has 0 aromatic heterocycles. The van der Waals surface area contributed by atoms with Gasteiger partial charge < -0.3 is 4.74 Å². The van der Waals surface area contributed by atoms with Crippen LogP contribution in [-0.4, -0.2) is 74.0 Å². The third kappa shape index (κ3) is 5.85. The third-order valence-electron chi connectivity index (χ3n) is 4.36. The molecule has 0 aliphatic carbocycles. The van der Waals surface area contributed by atoms with Crippen molar-refractivity contribution in [3.05, 3.63) is 28.3 Å². The molecule has 0 aliphatic heterocycles. The number of hydrogen-bond acceptors (Lipinski definition) is 7. The molecule has 1 aromatic carbocycles. The quantitative estimate of drug-likeness (QED) is 0.108. The predicted molar refractivity (Wildman–Crippen MR) is 98.6 cm³/mol. The Labute approximate surface area is 202 Å².